The summed E-state index contributed by atoms with van der Waals surface area (Å²) < 4.78 is 0. The molecule has 0 aromatic carbocycles. The number of amides is 2. The molecule has 1 aliphatic rings. The summed E-state index contributed by atoms with van der Waals surface area (Å²) in [6.45, 7) is 5.03. The minimum absolute atomic E-state index is 0.0676. The molecule has 1 aliphatic heterocycles. The summed E-state index contributed by atoms with van der Waals surface area (Å²) in [5.74, 6) is -0.696. The molecule has 110 valence electrons. The molecular weight excluding hydrogens is 248 g/mol. The lowest BCUT2D eigenvalue weighted by Crippen LogP contribution is -2.51. The van der Waals surface area contributed by atoms with Crippen LogP contribution in [0.3, 0.4) is 0 Å². The molecule has 1 rings (SSSR count). The van der Waals surface area contributed by atoms with Gasteiger partial charge < -0.3 is 20.4 Å². The van der Waals surface area contributed by atoms with Crippen LogP contribution in [0, 0.1) is 11.8 Å². The lowest BCUT2D eigenvalue weighted by Gasteiger charge is -2.32. The van der Waals surface area contributed by atoms with E-state index in [1.165, 1.54) is 0 Å². The highest BCUT2D eigenvalue weighted by atomic mass is 16.4. The maximum atomic E-state index is 12.0. The first-order chi connectivity index (χ1) is 8.93. The van der Waals surface area contributed by atoms with Gasteiger partial charge in [0.15, 0.2) is 0 Å². The van der Waals surface area contributed by atoms with Crippen molar-refractivity contribution >= 4 is 12.0 Å². The van der Waals surface area contributed by atoms with E-state index in [2.05, 4.69) is 5.32 Å². The van der Waals surface area contributed by atoms with Gasteiger partial charge in [0.2, 0.25) is 0 Å². The smallest absolute Gasteiger partial charge is 0.326 e. The molecular formula is C13H24N2O4. The monoisotopic (exact) mass is 272 g/mol. The molecule has 6 heteroatoms. The van der Waals surface area contributed by atoms with Gasteiger partial charge >= 0.3 is 12.0 Å². The van der Waals surface area contributed by atoms with E-state index in [4.69, 9.17) is 10.2 Å². The van der Waals surface area contributed by atoms with Gasteiger partial charge in [-0.05, 0) is 31.1 Å². The average Bonchev–Trinajstić information content (AvgIpc) is 2.37. The number of likely N-dealkylation sites (tertiary alicyclic amines) is 1. The summed E-state index contributed by atoms with van der Waals surface area (Å²) in [5.41, 5.74) is 0. The molecule has 19 heavy (non-hydrogen) atoms. The van der Waals surface area contributed by atoms with Crippen LogP contribution in [0.4, 0.5) is 4.79 Å². The zero-order chi connectivity index (χ0) is 14.4. The predicted molar refractivity (Wildman–Crippen MR) is 70.8 cm³/mol. The van der Waals surface area contributed by atoms with Gasteiger partial charge in [-0.25, -0.2) is 9.59 Å². The summed E-state index contributed by atoms with van der Waals surface area (Å²) in [4.78, 5) is 24.7. The molecule has 2 amide bonds. The standard InChI is InChI=1S/C13H24N2O4/c1-9(2)6-11(12(17)18)14-13(19)15-5-3-4-10(7-15)8-16/h9-11,16H,3-8H2,1-2H3,(H,14,19)(H,17,18). The van der Waals surface area contributed by atoms with Crippen molar-refractivity contribution in [1.82, 2.24) is 10.2 Å². The SMILES string of the molecule is CC(C)CC(NC(=O)N1CCCC(CO)C1)C(=O)O. The minimum atomic E-state index is -1.00. The number of rotatable bonds is 5. The topological polar surface area (TPSA) is 89.9 Å². The number of aliphatic carboxylic acids is 1. The molecule has 6 nitrogen and oxygen atoms in total. The number of aliphatic hydroxyl groups is 1. The molecule has 0 bridgehead atoms. The first-order valence-electron chi connectivity index (χ1n) is 6.83. The highest BCUT2D eigenvalue weighted by molar-refractivity contribution is 5.82. The second kappa shape index (κ2) is 7.33. The van der Waals surface area contributed by atoms with Crippen molar-refractivity contribution in [2.45, 2.75) is 39.2 Å². The number of hydrogen-bond acceptors (Lipinski definition) is 3. The number of carbonyl (C=O) groups excluding carboxylic acids is 1. The molecule has 0 aromatic heterocycles. The second-order valence-electron chi connectivity index (χ2n) is 5.61. The van der Waals surface area contributed by atoms with E-state index in [-0.39, 0.29) is 24.5 Å². The van der Waals surface area contributed by atoms with E-state index in [1.54, 1.807) is 4.90 Å². The predicted octanol–water partition coefficient (Wildman–Crippen LogP) is 0.900. The first kappa shape index (κ1) is 15.8. The Labute approximate surface area is 113 Å². The summed E-state index contributed by atoms with van der Waals surface area (Å²) in [7, 11) is 0. The van der Waals surface area contributed by atoms with E-state index >= 15 is 0 Å². The van der Waals surface area contributed by atoms with Gasteiger partial charge in [-0.2, -0.15) is 0 Å². The van der Waals surface area contributed by atoms with Gasteiger partial charge in [-0.1, -0.05) is 13.8 Å². The minimum Gasteiger partial charge on any atom is -0.480 e. The number of nitrogens with one attached hydrogen (secondary N) is 1. The molecule has 0 saturated carbocycles. The van der Waals surface area contributed by atoms with Crippen molar-refractivity contribution in [2.24, 2.45) is 11.8 Å². The van der Waals surface area contributed by atoms with Gasteiger partial charge in [0.05, 0.1) is 0 Å². The normalized spacial score (nSPS) is 21.3. The van der Waals surface area contributed by atoms with Gasteiger partial charge in [-0.15, -0.1) is 0 Å². The summed E-state index contributed by atoms with van der Waals surface area (Å²) in [6.07, 6.45) is 2.17. The Bertz CT molecular complexity index is 320. The number of carboxylic acids is 1. The first-order valence-corrected chi connectivity index (χ1v) is 6.83. The molecule has 0 aliphatic carbocycles. The van der Waals surface area contributed by atoms with Gasteiger partial charge in [0, 0.05) is 19.7 Å². The molecule has 3 N–H and O–H groups in total. The maximum Gasteiger partial charge on any atom is 0.326 e. The van der Waals surface area contributed by atoms with Crippen molar-refractivity contribution in [3.05, 3.63) is 0 Å². The molecule has 2 atom stereocenters. The Morgan fingerprint density at radius 2 is 2.11 bits per heavy atom. The lowest BCUT2D eigenvalue weighted by atomic mass is 9.99. The molecule has 1 heterocycles. The lowest BCUT2D eigenvalue weighted by molar-refractivity contribution is -0.139. The number of urea groups is 1. The highest BCUT2D eigenvalue weighted by Gasteiger charge is 2.27. The summed E-state index contributed by atoms with van der Waals surface area (Å²) in [5, 5.41) is 20.8. The van der Waals surface area contributed by atoms with E-state index < -0.39 is 12.0 Å². The van der Waals surface area contributed by atoms with Crippen LogP contribution >= 0.6 is 0 Å². The number of carboxylic acid groups (broad SMARTS) is 1. The Balaban J connectivity index is 2.53. The van der Waals surface area contributed by atoms with Crippen LogP contribution in [0.15, 0.2) is 0 Å². The van der Waals surface area contributed by atoms with Crippen LogP contribution in [-0.4, -0.2) is 52.9 Å². The number of aliphatic hydroxyl groups excluding tert-OH is 1. The van der Waals surface area contributed by atoms with Crippen molar-refractivity contribution in [1.29, 1.82) is 0 Å². The fourth-order valence-corrected chi connectivity index (χ4v) is 2.33. The van der Waals surface area contributed by atoms with E-state index in [9.17, 15) is 9.59 Å². The number of hydrogen-bond donors (Lipinski definition) is 3. The van der Waals surface area contributed by atoms with Crippen LogP contribution in [0.5, 0.6) is 0 Å². The van der Waals surface area contributed by atoms with Crippen molar-refractivity contribution in [2.75, 3.05) is 19.7 Å². The quantitative estimate of drug-likeness (QED) is 0.693. The van der Waals surface area contributed by atoms with Gasteiger partial charge in [0.1, 0.15) is 6.04 Å². The van der Waals surface area contributed by atoms with Crippen LogP contribution in [0.2, 0.25) is 0 Å². The number of nitrogens with zero attached hydrogens (tertiary/aromatic N) is 1. The fourth-order valence-electron chi connectivity index (χ4n) is 2.33. The second-order valence-corrected chi connectivity index (χ2v) is 5.61. The van der Waals surface area contributed by atoms with Crippen LogP contribution in [0.1, 0.15) is 33.1 Å². The fraction of sp³-hybridized carbons (Fsp3) is 0.846. The zero-order valence-corrected chi connectivity index (χ0v) is 11.6. The van der Waals surface area contributed by atoms with Crippen molar-refractivity contribution in [3.8, 4) is 0 Å². The van der Waals surface area contributed by atoms with E-state index in [0.717, 1.165) is 12.8 Å². The molecule has 1 fully saturated rings. The zero-order valence-electron chi connectivity index (χ0n) is 11.6. The third-order valence-corrected chi connectivity index (χ3v) is 3.37. The highest BCUT2D eigenvalue weighted by Crippen LogP contribution is 2.16. The summed E-state index contributed by atoms with van der Waals surface area (Å²) in [6, 6.07) is -1.19. The largest absolute Gasteiger partial charge is 0.480 e. The van der Waals surface area contributed by atoms with Gasteiger partial charge in [-0.3, -0.25) is 0 Å². The molecule has 1 saturated heterocycles. The molecule has 0 aromatic rings. The van der Waals surface area contributed by atoms with E-state index in [0.29, 0.717) is 19.5 Å². The average molecular weight is 272 g/mol. The third-order valence-electron chi connectivity index (χ3n) is 3.37. The number of carbonyl (C=O) groups is 2. The summed E-state index contributed by atoms with van der Waals surface area (Å²) >= 11 is 0. The molecule has 0 radical (unpaired) electrons. The molecule has 2 unspecified atom stereocenters. The Morgan fingerprint density at radius 1 is 1.42 bits per heavy atom. The van der Waals surface area contributed by atoms with Crippen LogP contribution in [0.25, 0.3) is 0 Å². The Morgan fingerprint density at radius 3 is 2.63 bits per heavy atom. The van der Waals surface area contributed by atoms with Crippen molar-refractivity contribution in [3.63, 3.8) is 0 Å². The Hall–Kier alpha value is -1.30. The van der Waals surface area contributed by atoms with Crippen LogP contribution < -0.4 is 5.32 Å². The van der Waals surface area contributed by atoms with Gasteiger partial charge in [0.25, 0.3) is 0 Å². The van der Waals surface area contributed by atoms with E-state index in [1.807, 2.05) is 13.8 Å². The molecule has 0 spiro atoms. The maximum absolute atomic E-state index is 12.0. The number of piperidine rings is 1. The Kier molecular flexibility index (Phi) is 6.08. The third kappa shape index (κ3) is 5.06. The van der Waals surface area contributed by atoms with Crippen LogP contribution in [-0.2, 0) is 4.79 Å². The van der Waals surface area contributed by atoms with Crippen molar-refractivity contribution < 1.29 is 19.8 Å².